The molecular weight excluding hydrogens is 112 g/mol. The maximum atomic E-state index is 8.31. The Morgan fingerprint density at radius 1 is 1.56 bits per heavy atom. The molecule has 0 aromatic heterocycles. The number of nitrogen functional groups attached to an aromatic ring is 1. The smallest absolute Gasteiger partial charge is 0.0998 e. The number of nitrogens with two attached hydrogens (primary N) is 1. The molecule has 0 fully saturated rings. The van der Waals surface area contributed by atoms with Crippen LogP contribution < -0.4 is 5.73 Å². The summed E-state index contributed by atoms with van der Waals surface area (Å²) in [5.74, 6) is 0. The van der Waals surface area contributed by atoms with E-state index in [9.17, 15) is 0 Å². The highest BCUT2D eigenvalue weighted by atomic mass is 14.5. The molecule has 2 N–H and O–H groups in total. The van der Waals surface area contributed by atoms with Crippen LogP contribution in [0.2, 0.25) is 0 Å². The summed E-state index contributed by atoms with van der Waals surface area (Å²) in [7, 11) is 0. The largest absolute Gasteiger partial charge is 0.399 e. The van der Waals surface area contributed by atoms with E-state index in [0.29, 0.717) is 11.3 Å². The van der Waals surface area contributed by atoms with Crippen molar-refractivity contribution in [3.05, 3.63) is 29.8 Å². The van der Waals surface area contributed by atoms with E-state index in [1.165, 1.54) is 0 Å². The SMILES string of the molecule is N#Cc1[c]cc(N)cc1. The van der Waals surface area contributed by atoms with Crippen LogP contribution in [0.1, 0.15) is 5.56 Å². The lowest BCUT2D eigenvalue weighted by atomic mass is 10.2. The second-order valence-corrected chi connectivity index (χ2v) is 1.65. The molecule has 1 aromatic carbocycles. The van der Waals surface area contributed by atoms with E-state index in [-0.39, 0.29) is 0 Å². The number of nitriles is 1. The summed E-state index contributed by atoms with van der Waals surface area (Å²) in [6.45, 7) is 0. The molecule has 0 spiro atoms. The minimum absolute atomic E-state index is 0.518. The highest BCUT2D eigenvalue weighted by molar-refractivity contribution is 5.41. The summed E-state index contributed by atoms with van der Waals surface area (Å²) in [5.41, 5.74) is 6.49. The van der Waals surface area contributed by atoms with Gasteiger partial charge < -0.3 is 5.73 Å². The van der Waals surface area contributed by atoms with Crippen molar-refractivity contribution in [1.29, 1.82) is 5.26 Å². The molecule has 1 aromatic rings. The molecule has 0 aliphatic carbocycles. The van der Waals surface area contributed by atoms with Crippen molar-refractivity contribution in [3.8, 4) is 6.07 Å². The van der Waals surface area contributed by atoms with Gasteiger partial charge in [0.1, 0.15) is 0 Å². The predicted octanol–water partition coefficient (Wildman–Crippen LogP) is 0.941. The van der Waals surface area contributed by atoms with Crippen molar-refractivity contribution in [3.63, 3.8) is 0 Å². The number of anilines is 1. The van der Waals surface area contributed by atoms with Crippen molar-refractivity contribution in [1.82, 2.24) is 0 Å². The standard InChI is InChI=1S/C7H5N2/c8-5-6-1-3-7(9)4-2-6/h1,3-4H,9H2. The van der Waals surface area contributed by atoms with Gasteiger partial charge in [0.05, 0.1) is 11.6 Å². The Kier molecular flexibility index (Phi) is 1.37. The monoisotopic (exact) mass is 117 g/mol. The van der Waals surface area contributed by atoms with Crippen molar-refractivity contribution in [2.45, 2.75) is 0 Å². The second-order valence-electron chi connectivity index (χ2n) is 1.65. The third kappa shape index (κ3) is 1.20. The number of rotatable bonds is 0. The Morgan fingerprint density at radius 2 is 2.33 bits per heavy atom. The average Bonchev–Trinajstić information content (AvgIpc) is 1.90. The molecule has 0 saturated heterocycles. The topological polar surface area (TPSA) is 49.8 Å². The van der Waals surface area contributed by atoms with Crippen LogP contribution in [0.3, 0.4) is 0 Å². The van der Waals surface area contributed by atoms with E-state index < -0.39 is 0 Å². The number of nitrogens with zero attached hydrogens (tertiary/aromatic N) is 1. The van der Waals surface area contributed by atoms with Crippen LogP contribution >= 0.6 is 0 Å². The Labute approximate surface area is 53.5 Å². The predicted molar refractivity (Wildman–Crippen MR) is 34.4 cm³/mol. The second kappa shape index (κ2) is 2.19. The lowest BCUT2D eigenvalue weighted by molar-refractivity contribution is 1.48. The van der Waals surface area contributed by atoms with E-state index in [1.807, 2.05) is 6.07 Å². The van der Waals surface area contributed by atoms with Crippen molar-refractivity contribution in [2.75, 3.05) is 5.73 Å². The highest BCUT2D eigenvalue weighted by Crippen LogP contribution is 2.01. The van der Waals surface area contributed by atoms with Gasteiger partial charge >= 0.3 is 0 Å². The Hall–Kier alpha value is -1.49. The summed E-state index contributed by atoms with van der Waals surface area (Å²) in [5, 5.41) is 8.31. The van der Waals surface area contributed by atoms with Crippen LogP contribution in [0.25, 0.3) is 0 Å². The van der Waals surface area contributed by atoms with Gasteiger partial charge in [0.2, 0.25) is 0 Å². The molecule has 9 heavy (non-hydrogen) atoms. The summed E-state index contributed by atoms with van der Waals surface area (Å²) >= 11 is 0. The third-order valence-corrected chi connectivity index (χ3v) is 0.957. The van der Waals surface area contributed by atoms with E-state index >= 15 is 0 Å². The first-order valence-corrected chi connectivity index (χ1v) is 2.50. The van der Waals surface area contributed by atoms with Gasteiger partial charge in [0, 0.05) is 11.8 Å². The van der Waals surface area contributed by atoms with Crippen molar-refractivity contribution in [2.24, 2.45) is 0 Å². The quantitative estimate of drug-likeness (QED) is 0.514. The molecule has 0 bridgehead atoms. The van der Waals surface area contributed by atoms with Gasteiger partial charge in [-0.3, -0.25) is 0 Å². The van der Waals surface area contributed by atoms with E-state index in [2.05, 4.69) is 6.07 Å². The summed E-state index contributed by atoms with van der Waals surface area (Å²) in [6, 6.07) is 9.54. The van der Waals surface area contributed by atoms with E-state index in [1.54, 1.807) is 18.2 Å². The fourth-order valence-electron chi connectivity index (χ4n) is 0.506. The summed E-state index contributed by atoms with van der Waals surface area (Å²) < 4.78 is 0. The number of hydrogen-bond donors (Lipinski definition) is 1. The first-order valence-electron chi connectivity index (χ1n) is 2.50. The lowest BCUT2D eigenvalue weighted by Gasteiger charge is -1.87. The van der Waals surface area contributed by atoms with Crippen LogP contribution in [0.5, 0.6) is 0 Å². The highest BCUT2D eigenvalue weighted by Gasteiger charge is 1.86. The first-order chi connectivity index (χ1) is 4.33. The van der Waals surface area contributed by atoms with Crippen LogP contribution in [0, 0.1) is 17.4 Å². The fraction of sp³-hybridized carbons (Fsp3) is 0. The molecule has 1 rings (SSSR count). The molecule has 0 aliphatic heterocycles. The van der Waals surface area contributed by atoms with Gasteiger partial charge in [-0.1, -0.05) is 0 Å². The van der Waals surface area contributed by atoms with E-state index in [0.717, 1.165) is 0 Å². The number of benzene rings is 1. The molecule has 0 saturated carbocycles. The van der Waals surface area contributed by atoms with Gasteiger partial charge in [0.15, 0.2) is 0 Å². The third-order valence-electron chi connectivity index (χ3n) is 0.957. The molecule has 0 atom stereocenters. The van der Waals surface area contributed by atoms with Gasteiger partial charge in [-0.2, -0.15) is 5.26 Å². The Bertz CT molecular complexity index is 230. The minimum Gasteiger partial charge on any atom is -0.399 e. The van der Waals surface area contributed by atoms with E-state index in [4.69, 9.17) is 11.0 Å². The van der Waals surface area contributed by atoms with Crippen LogP contribution in [-0.2, 0) is 0 Å². The molecule has 0 amide bonds. The van der Waals surface area contributed by atoms with Crippen molar-refractivity contribution < 1.29 is 0 Å². The molecule has 0 heterocycles. The molecule has 0 aliphatic rings. The maximum absolute atomic E-state index is 8.31. The van der Waals surface area contributed by atoms with Gasteiger partial charge in [-0.05, 0) is 18.2 Å². The lowest BCUT2D eigenvalue weighted by Crippen LogP contribution is -1.82. The molecule has 1 radical (unpaired) electrons. The van der Waals surface area contributed by atoms with Gasteiger partial charge in [-0.15, -0.1) is 0 Å². The molecule has 43 valence electrons. The average molecular weight is 117 g/mol. The Morgan fingerprint density at radius 3 is 2.78 bits per heavy atom. The fourth-order valence-corrected chi connectivity index (χ4v) is 0.506. The minimum atomic E-state index is 0.518. The first kappa shape index (κ1) is 5.64. The number of hydrogen-bond acceptors (Lipinski definition) is 2. The zero-order valence-corrected chi connectivity index (χ0v) is 4.76. The van der Waals surface area contributed by atoms with Gasteiger partial charge in [0.25, 0.3) is 0 Å². The molecule has 2 heteroatoms. The Balaban J connectivity index is 3.06. The molecule has 2 nitrogen and oxygen atoms in total. The normalized spacial score (nSPS) is 8.33. The zero-order valence-electron chi connectivity index (χ0n) is 4.76. The van der Waals surface area contributed by atoms with Crippen LogP contribution in [-0.4, -0.2) is 0 Å². The zero-order chi connectivity index (χ0) is 6.69. The molecular formula is C7H5N2. The van der Waals surface area contributed by atoms with Gasteiger partial charge in [-0.25, -0.2) is 0 Å². The van der Waals surface area contributed by atoms with Crippen molar-refractivity contribution >= 4 is 5.69 Å². The maximum Gasteiger partial charge on any atom is 0.0998 e. The summed E-state index contributed by atoms with van der Waals surface area (Å²) in [4.78, 5) is 0. The van der Waals surface area contributed by atoms with Crippen LogP contribution in [0.4, 0.5) is 5.69 Å². The summed E-state index contributed by atoms with van der Waals surface area (Å²) in [6.07, 6.45) is 0. The van der Waals surface area contributed by atoms with Crippen LogP contribution in [0.15, 0.2) is 18.2 Å². The molecule has 0 unspecified atom stereocenters.